The molecule has 20 heteroatoms. The molecule has 10 rings (SSSR count). The Morgan fingerprint density at radius 3 is 2.22 bits per heavy atom. The topological polar surface area (TPSA) is 190 Å². The van der Waals surface area contributed by atoms with Crippen LogP contribution in [0.4, 0.5) is 34.5 Å². The number of halogens is 1. The van der Waals surface area contributed by atoms with Gasteiger partial charge in [-0.2, -0.15) is 10.1 Å². The first-order valence-electron chi connectivity index (χ1n) is 25.3. The highest BCUT2D eigenvalue weighted by atomic mass is 79.9. The van der Waals surface area contributed by atoms with Crippen molar-refractivity contribution in [1.29, 1.82) is 0 Å². The molecule has 5 aliphatic rings. The van der Waals surface area contributed by atoms with Crippen molar-refractivity contribution in [2.75, 3.05) is 99.8 Å². The summed E-state index contributed by atoms with van der Waals surface area (Å²) in [6, 6.07) is 13.1. The third-order valence-electron chi connectivity index (χ3n) is 15.5. The van der Waals surface area contributed by atoms with Crippen molar-refractivity contribution in [2.24, 2.45) is 13.0 Å². The maximum absolute atomic E-state index is 13.5. The van der Waals surface area contributed by atoms with Gasteiger partial charge in [-0.3, -0.25) is 39.0 Å². The number of hydrogen-bond acceptors (Lipinski definition) is 15. The Kier molecular flexibility index (Phi) is 14.2. The number of nitrogens with zero attached hydrogens (tertiary/aromatic N) is 9. The third-order valence-corrected chi connectivity index (χ3v) is 17.7. The Bertz CT molecular complexity index is 3030. The highest BCUT2D eigenvalue weighted by molar-refractivity contribution is 9.10. The van der Waals surface area contributed by atoms with Crippen LogP contribution < -0.4 is 35.8 Å². The molecule has 18 nitrogen and oxygen atoms in total. The van der Waals surface area contributed by atoms with Gasteiger partial charge in [-0.15, -0.1) is 0 Å². The quantitative estimate of drug-likeness (QED) is 0.0815. The molecule has 4 amide bonds. The van der Waals surface area contributed by atoms with Gasteiger partial charge in [-0.1, -0.05) is 6.07 Å². The van der Waals surface area contributed by atoms with Crippen LogP contribution in [0.3, 0.4) is 0 Å². The van der Waals surface area contributed by atoms with E-state index in [0.29, 0.717) is 50.8 Å². The molecule has 2 aromatic heterocycles. The molecular weight excluding hydrogens is 1010 g/mol. The number of imide groups is 2. The number of benzene rings is 3. The van der Waals surface area contributed by atoms with Crippen LogP contribution in [0.25, 0.3) is 11.1 Å². The van der Waals surface area contributed by atoms with Crippen LogP contribution in [0.5, 0.6) is 5.75 Å². The van der Waals surface area contributed by atoms with E-state index in [2.05, 4.69) is 73.7 Å². The SMILES string of the molecule is COc1cc(N2CCC(N3CCN(CC4CCN(c5ccc6c(c5)C(=O)N(C5CCC(=O)NC5=O)C6=O)CC4)CC3)CC2)c(-c2cnn(C)c2)cc1Nc1ncc(Br)c(Nc2ccc(C)c(C)c2P(C)(C)=O)n1. The molecule has 7 heterocycles. The summed E-state index contributed by atoms with van der Waals surface area (Å²) >= 11 is 3.63. The van der Waals surface area contributed by atoms with E-state index in [4.69, 9.17) is 9.72 Å². The number of hydrogen-bond donors (Lipinski definition) is 3. The smallest absolute Gasteiger partial charge is 0.262 e. The summed E-state index contributed by atoms with van der Waals surface area (Å²) < 4.78 is 22.0. The number of methoxy groups -OCH3 is 1. The molecule has 5 aromatic rings. The molecule has 0 bridgehead atoms. The maximum Gasteiger partial charge on any atom is 0.262 e. The fourth-order valence-electron chi connectivity index (χ4n) is 11.4. The van der Waals surface area contributed by atoms with E-state index >= 15 is 0 Å². The summed E-state index contributed by atoms with van der Waals surface area (Å²) in [4.78, 5) is 71.5. The molecule has 73 heavy (non-hydrogen) atoms. The number of rotatable bonds is 13. The zero-order valence-electron chi connectivity index (χ0n) is 42.4. The van der Waals surface area contributed by atoms with E-state index in [-0.39, 0.29) is 18.7 Å². The van der Waals surface area contributed by atoms with Crippen molar-refractivity contribution in [1.82, 2.24) is 39.8 Å². The number of piperazine rings is 1. The predicted octanol–water partition coefficient (Wildman–Crippen LogP) is 6.90. The van der Waals surface area contributed by atoms with Crippen molar-refractivity contribution in [3.63, 3.8) is 0 Å². The van der Waals surface area contributed by atoms with Gasteiger partial charge < -0.3 is 34.6 Å². The van der Waals surface area contributed by atoms with Crippen LogP contribution in [0, 0.1) is 19.8 Å². The number of anilines is 6. The minimum Gasteiger partial charge on any atom is -0.494 e. The van der Waals surface area contributed by atoms with Gasteiger partial charge in [0.2, 0.25) is 17.8 Å². The monoisotopic (exact) mass is 1070 g/mol. The molecule has 0 radical (unpaired) electrons. The van der Waals surface area contributed by atoms with Gasteiger partial charge in [0.25, 0.3) is 11.8 Å². The highest BCUT2D eigenvalue weighted by Gasteiger charge is 2.45. The second kappa shape index (κ2) is 20.6. The average Bonchev–Trinajstić information content (AvgIpc) is 3.92. The number of piperidine rings is 3. The largest absolute Gasteiger partial charge is 0.494 e. The Labute approximate surface area is 434 Å². The summed E-state index contributed by atoms with van der Waals surface area (Å²) in [6.45, 7) is 16.4. The first-order chi connectivity index (χ1) is 35.0. The second-order valence-corrected chi connectivity index (χ2v) is 24.5. The van der Waals surface area contributed by atoms with Crippen LogP contribution in [-0.4, -0.2) is 150 Å². The molecule has 4 fully saturated rings. The Hall–Kier alpha value is -6.14. The Balaban J connectivity index is 0.740. The molecule has 1 atom stereocenters. The third kappa shape index (κ3) is 10.4. The highest BCUT2D eigenvalue weighted by Crippen LogP contribution is 2.43. The van der Waals surface area contributed by atoms with Crippen LogP contribution >= 0.6 is 23.1 Å². The zero-order chi connectivity index (χ0) is 51.3. The molecule has 0 saturated carbocycles. The van der Waals surface area contributed by atoms with E-state index in [0.717, 1.165) is 134 Å². The number of carbonyl (C=O) groups excluding carboxylic acids is 4. The second-order valence-electron chi connectivity index (χ2n) is 20.5. The zero-order valence-corrected chi connectivity index (χ0v) is 44.9. The predicted molar refractivity (Wildman–Crippen MR) is 288 cm³/mol. The number of amides is 4. The van der Waals surface area contributed by atoms with E-state index < -0.39 is 30.9 Å². The van der Waals surface area contributed by atoms with Gasteiger partial charge in [0.05, 0.1) is 40.3 Å². The Morgan fingerprint density at radius 1 is 0.808 bits per heavy atom. The van der Waals surface area contributed by atoms with Crippen molar-refractivity contribution >= 4 is 86.5 Å². The molecule has 384 valence electrons. The maximum atomic E-state index is 13.5. The number of ether oxygens (including phenoxy) is 1. The summed E-state index contributed by atoms with van der Waals surface area (Å²) in [6.07, 6.45) is 10.1. The summed E-state index contributed by atoms with van der Waals surface area (Å²) in [5, 5.41) is 14.5. The number of aryl methyl sites for hydroxylation is 2. The molecule has 5 aliphatic heterocycles. The summed E-state index contributed by atoms with van der Waals surface area (Å²) in [5.74, 6) is 0.223. The van der Waals surface area contributed by atoms with Gasteiger partial charge in [-0.25, -0.2) is 4.98 Å². The molecule has 1 unspecified atom stereocenters. The molecular formula is C53H64BrN12O6P. The number of fused-ring (bicyclic) bond motifs is 1. The van der Waals surface area contributed by atoms with Crippen LogP contribution in [0.1, 0.15) is 70.4 Å². The first kappa shape index (κ1) is 50.4. The summed E-state index contributed by atoms with van der Waals surface area (Å²) in [7, 11) is 0.979. The fourth-order valence-corrected chi connectivity index (χ4v) is 13.4. The number of nitrogens with one attached hydrogen (secondary N) is 3. The lowest BCUT2D eigenvalue weighted by Crippen LogP contribution is -2.54. The fraction of sp³-hybridized carbons (Fsp3) is 0.453. The van der Waals surface area contributed by atoms with Gasteiger partial charge in [0.15, 0.2) is 0 Å². The molecule has 0 aliphatic carbocycles. The van der Waals surface area contributed by atoms with Crippen molar-refractivity contribution in [3.05, 3.63) is 87.8 Å². The number of carbonyl (C=O) groups is 4. The standard InChI is InChI=1S/C53H64BrN12O6P/c1-32-7-10-42(48(33(32)2)73(5,6)71)57-49-41(54)29-55-53(60-49)58-43-26-39(35-28-56-61(3)31-35)45(27-46(43)72-4)65-19-15-36(16-20-65)64-23-21-62(22-24-64)30-34-13-17-63(18-14-34)37-8-9-38-40(25-37)52(70)66(51(38)69)44-11-12-47(67)59-50(44)68/h7-10,25-29,31,34,36,44H,11-24,30H2,1-6H3,(H,59,67,68)(H2,55,57,58,60). The lowest BCUT2D eigenvalue weighted by Gasteiger charge is -2.44. The van der Waals surface area contributed by atoms with Gasteiger partial charge in [0, 0.05) is 125 Å². The minimum atomic E-state index is -2.63. The van der Waals surface area contributed by atoms with Crippen LogP contribution in [-0.2, 0) is 21.2 Å². The minimum absolute atomic E-state index is 0.0952. The van der Waals surface area contributed by atoms with E-state index in [1.807, 2.05) is 56.2 Å². The normalized spacial score (nSPS) is 19.7. The van der Waals surface area contributed by atoms with Gasteiger partial charge in [0.1, 0.15) is 24.8 Å². The molecule has 0 spiro atoms. The molecule has 4 saturated heterocycles. The van der Waals surface area contributed by atoms with Crippen molar-refractivity contribution in [3.8, 4) is 16.9 Å². The van der Waals surface area contributed by atoms with Crippen LogP contribution in [0.15, 0.2) is 65.5 Å². The molecule has 3 aromatic carbocycles. The average molecular weight is 1080 g/mol. The van der Waals surface area contributed by atoms with Crippen LogP contribution in [0.2, 0.25) is 0 Å². The van der Waals surface area contributed by atoms with E-state index in [1.165, 1.54) is 0 Å². The number of aromatic nitrogens is 4. The van der Waals surface area contributed by atoms with E-state index in [1.54, 1.807) is 38.8 Å². The lowest BCUT2D eigenvalue weighted by molar-refractivity contribution is -0.136. The van der Waals surface area contributed by atoms with Gasteiger partial charge >= 0.3 is 0 Å². The van der Waals surface area contributed by atoms with Crippen molar-refractivity contribution < 1.29 is 28.5 Å². The summed E-state index contributed by atoms with van der Waals surface area (Å²) in [5.41, 5.74) is 8.21. The van der Waals surface area contributed by atoms with Crippen molar-refractivity contribution in [2.45, 2.75) is 64.5 Å². The molecule has 3 N–H and O–H groups in total. The Morgan fingerprint density at radius 2 is 1.53 bits per heavy atom. The van der Waals surface area contributed by atoms with E-state index in [9.17, 15) is 23.7 Å². The first-order valence-corrected chi connectivity index (χ1v) is 28.7. The lowest BCUT2D eigenvalue weighted by atomic mass is 9.95. The van der Waals surface area contributed by atoms with Gasteiger partial charge in [-0.05, 0) is 123 Å².